The predicted octanol–water partition coefficient (Wildman–Crippen LogP) is 6.08. The van der Waals surface area contributed by atoms with Crippen molar-refractivity contribution in [3.05, 3.63) is 96.1 Å². The Bertz CT molecular complexity index is 1720. The first-order valence-electron chi connectivity index (χ1n) is 11.0. The van der Waals surface area contributed by atoms with Gasteiger partial charge < -0.3 is 16.0 Å². The van der Waals surface area contributed by atoms with Gasteiger partial charge in [-0.15, -0.1) is 0 Å². The summed E-state index contributed by atoms with van der Waals surface area (Å²) in [4.78, 5) is 24.5. The number of nitrogens with two attached hydrogens (primary N) is 1. The van der Waals surface area contributed by atoms with Crippen molar-refractivity contribution in [2.45, 2.75) is 6.92 Å². The Morgan fingerprint density at radius 1 is 0.853 bits per heavy atom. The van der Waals surface area contributed by atoms with Crippen LogP contribution in [0, 0.1) is 6.92 Å². The van der Waals surface area contributed by atoms with Gasteiger partial charge in [-0.05, 0) is 61.5 Å². The molecule has 0 aliphatic heterocycles. The average molecular weight is 444 g/mol. The molecule has 0 aliphatic carbocycles. The van der Waals surface area contributed by atoms with Crippen molar-refractivity contribution in [1.82, 2.24) is 15.0 Å². The van der Waals surface area contributed by atoms with Gasteiger partial charge in [0.25, 0.3) is 5.91 Å². The van der Waals surface area contributed by atoms with Gasteiger partial charge in [-0.3, -0.25) is 4.79 Å². The van der Waals surface area contributed by atoms with Crippen LogP contribution in [0.15, 0.2) is 84.9 Å². The van der Waals surface area contributed by atoms with Crippen molar-refractivity contribution in [2.75, 3.05) is 5.32 Å². The highest BCUT2D eigenvalue weighted by Gasteiger charge is 2.13. The molecule has 2 aromatic heterocycles. The Balaban J connectivity index is 1.40. The summed E-state index contributed by atoms with van der Waals surface area (Å²) in [6.07, 6.45) is 0. The summed E-state index contributed by atoms with van der Waals surface area (Å²) in [5.74, 6) is 0.195. The third-order valence-corrected chi connectivity index (χ3v) is 6.04. The number of rotatable bonds is 4. The fraction of sp³-hybridized carbons (Fsp3) is 0.0357. The first-order chi connectivity index (χ1) is 16.6. The van der Waals surface area contributed by atoms with E-state index in [2.05, 4.69) is 46.5 Å². The van der Waals surface area contributed by atoms with Gasteiger partial charge in [0.1, 0.15) is 11.3 Å². The number of benzene rings is 4. The maximum absolute atomic E-state index is 11.7. The molecule has 0 fully saturated rings. The Morgan fingerprint density at radius 3 is 2.47 bits per heavy atom. The number of pyridine rings is 1. The first kappa shape index (κ1) is 19.9. The summed E-state index contributed by atoms with van der Waals surface area (Å²) >= 11 is 0. The van der Waals surface area contributed by atoms with Crippen molar-refractivity contribution in [2.24, 2.45) is 5.73 Å². The van der Waals surface area contributed by atoms with Gasteiger partial charge in [0, 0.05) is 22.0 Å². The number of hydrogen-bond acceptors (Lipinski definition) is 4. The van der Waals surface area contributed by atoms with Crippen LogP contribution in [0.25, 0.3) is 44.2 Å². The number of para-hydroxylation sites is 2. The van der Waals surface area contributed by atoms with E-state index < -0.39 is 5.91 Å². The summed E-state index contributed by atoms with van der Waals surface area (Å²) in [5, 5.41) is 5.77. The second kappa shape index (κ2) is 7.71. The second-order valence-corrected chi connectivity index (χ2v) is 8.38. The zero-order chi connectivity index (χ0) is 23.2. The van der Waals surface area contributed by atoms with Crippen molar-refractivity contribution in [3.63, 3.8) is 0 Å². The number of nitrogens with zero attached hydrogens (tertiary/aromatic N) is 2. The maximum Gasteiger partial charge on any atom is 0.250 e. The number of nitrogens with one attached hydrogen (secondary N) is 2. The second-order valence-electron chi connectivity index (χ2n) is 8.38. The molecule has 0 unspecified atom stereocenters. The minimum Gasteiger partial charge on any atom is -0.366 e. The minimum atomic E-state index is -0.491. The Labute approximate surface area is 195 Å². The van der Waals surface area contributed by atoms with Crippen LogP contribution in [-0.4, -0.2) is 20.9 Å². The lowest BCUT2D eigenvalue weighted by atomic mass is 10.1. The van der Waals surface area contributed by atoms with E-state index in [0.717, 1.165) is 44.3 Å². The molecule has 0 spiro atoms. The molecule has 0 radical (unpaired) electrons. The van der Waals surface area contributed by atoms with Crippen LogP contribution >= 0.6 is 0 Å². The zero-order valence-corrected chi connectivity index (χ0v) is 18.5. The fourth-order valence-electron chi connectivity index (χ4n) is 4.36. The lowest BCUT2D eigenvalue weighted by Gasteiger charge is -2.14. The molecule has 4 N–H and O–H groups in total. The number of primary amides is 1. The third kappa shape index (κ3) is 3.33. The Kier molecular flexibility index (Phi) is 4.52. The van der Waals surface area contributed by atoms with Crippen LogP contribution in [0.5, 0.6) is 0 Å². The van der Waals surface area contributed by atoms with Crippen molar-refractivity contribution in [1.29, 1.82) is 0 Å². The van der Waals surface area contributed by atoms with Gasteiger partial charge in [-0.25, -0.2) is 9.97 Å². The van der Waals surface area contributed by atoms with Crippen molar-refractivity contribution in [3.8, 4) is 11.4 Å². The van der Waals surface area contributed by atoms with Gasteiger partial charge in [-0.2, -0.15) is 0 Å². The minimum absolute atomic E-state index is 0.407. The quantitative estimate of drug-likeness (QED) is 0.288. The van der Waals surface area contributed by atoms with Gasteiger partial charge in [0.2, 0.25) is 0 Å². The van der Waals surface area contributed by atoms with Crippen LogP contribution < -0.4 is 11.1 Å². The van der Waals surface area contributed by atoms with Crippen LogP contribution in [0.2, 0.25) is 0 Å². The standard InChI is InChI=1S/C28H21N5O/c1-16-9-14-23-21(15-16)25(19-5-2-3-7-22(19)31-23)30-18-12-10-17(11-13-18)28-32-24-8-4-6-20(27(29)34)26(24)33-28/h2-15H,1H3,(H2,29,34)(H,30,31)(H,32,33). The number of carbonyl (C=O) groups is 1. The van der Waals surface area contributed by atoms with Gasteiger partial charge >= 0.3 is 0 Å². The Morgan fingerprint density at radius 2 is 1.65 bits per heavy atom. The molecular formula is C28H21N5O. The number of aromatic nitrogens is 3. The number of H-pyrrole nitrogens is 1. The summed E-state index contributed by atoms with van der Waals surface area (Å²) in [5.41, 5.74) is 13.3. The molecule has 2 heterocycles. The number of anilines is 2. The first-order valence-corrected chi connectivity index (χ1v) is 11.0. The molecule has 0 aliphatic rings. The topological polar surface area (TPSA) is 96.7 Å². The summed E-state index contributed by atoms with van der Waals surface area (Å²) < 4.78 is 0. The van der Waals surface area contributed by atoms with Crippen LogP contribution in [-0.2, 0) is 0 Å². The third-order valence-electron chi connectivity index (χ3n) is 6.04. The lowest BCUT2D eigenvalue weighted by Crippen LogP contribution is -2.11. The summed E-state index contributed by atoms with van der Waals surface area (Å²) in [7, 11) is 0. The molecule has 0 saturated heterocycles. The molecular weight excluding hydrogens is 422 g/mol. The van der Waals surface area contributed by atoms with Gasteiger partial charge in [0.05, 0.1) is 27.8 Å². The Hall–Kier alpha value is -4.71. The molecule has 0 saturated carbocycles. The van der Waals surface area contributed by atoms with Crippen LogP contribution in [0.4, 0.5) is 11.4 Å². The highest BCUT2D eigenvalue weighted by atomic mass is 16.1. The predicted molar refractivity (Wildman–Crippen MR) is 137 cm³/mol. The van der Waals surface area contributed by atoms with E-state index in [1.165, 1.54) is 5.56 Å². The highest BCUT2D eigenvalue weighted by molar-refractivity contribution is 6.09. The summed E-state index contributed by atoms with van der Waals surface area (Å²) in [6, 6.07) is 27.9. The van der Waals surface area contributed by atoms with Crippen LogP contribution in [0.1, 0.15) is 15.9 Å². The molecule has 0 bridgehead atoms. The fourth-order valence-corrected chi connectivity index (χ4v) is 4.36. The maximum atomic E-state index is 11.7. The number of fused-ring (bicyclic) bond motifs is 3. The number of aromatic amines is 1. The largest absolute Gasteiger partial charge is 0.366 e. The number of amides is 1. The van der Waals surface area contributed by atoms with E-state index in [-0.39, 0.29) is 0 Å². The van der Waals surface area contributed by atoms with E-state index in [4.69, 9.17) is 10.7 Å². The smallest absolute Gasteiger partial charge is 0.250 e. The van der Waals surface area contributed by atoms with Crippen molar-refractivity contribution >= 4 is 50.1 Å². The molecule has 1 amide bonds. The highest BCUT2D eigenvalue weighted by Crippen LogP contribution is 2.34. The molecule has 164 valence electrons. The molecule has 6 nitrogen and oxygen atoms in total. The molecule has 6 rings (SSSR count). The SMILES string of the molecule is Cc1ccc2nc3ccccc3c(Nc3ccc(-c4nc5c(C(N)=O)cccc5[nH]4)cc3)c2c1. The molecule has 6 heteroatoms. The normalized spacial score (nSPS) is 11.3. The molecule has 6 aromatic rings. The van der Waals surface area contributed by atoms with Gasteiger partial charge in [0.15, 0.2) is 0 Å². The van der Waals surface area contributed by atoms with E-state index in [1.807, 2.05) is 48.5 Å². The zero-order valence-electron chi connectivity index (χ0n) is 18.5. The van der Waals surface area contributed by atoms with Crippen LogP contribution in [0.3, 0.4) is 0 Å². The lowest BCUT2D eigenvalue weighted by molar-refractivity contribution is 0.100. The van der Waals surface area contributed by atoms with Crippen molar-refractivity contribution < 1.29 is 4.79 Å². The number of imidazole rings is 1. The molecule has 4 aromatic carbocycles. The van der Waals surface area contributed by atoms with E-state index >= 15 is 0 Å². The molecule has 0 atom stereocenters. The molecule has 34 heavy (non-hydrogen) atoms. The number of hydrogen-bond donors (Lipinski definition) is 3. The van der Waals surface area contributed by atoms with E-state index in [0.29, 0.717) is 16.9 Å². The number of aryl methyl sites for hydroxylation is 1. The monoisotopic (exact) mass is 443 g/mol. The van der Waals surface area contributed by atoms with E-state index in [9.17, 15) is 4.79 Å². The van der Waals surface area contributed by atoms with Gasteiger partial charge in [-0.1, -0.05) is 35.9 Å². The van der Waals surface area contributed by atoms with E-state index in [1.54, 1.807) is 12.1 Å². The average Bonchev–Trinajstić information content (AvgIpc) is 3.29. The summed E-state index contributed by atoms with van der Waals surface area (Å²) in [6.45, 7) is 2.09. The number of carbonyl (C=O) groups excluding carboxylic acids is 1.